The fraction of sp³-hybridized carbons (Fsp3) is 0.208. The molecule has 0 aromatic heterocycles. The van der Waals surface area contributed by atoms with E-state index in [-0.39, 0.29) is 11.3 Å². The molecule has 2 N–H and O–H groups in total. The molecule has 0 bridgehead atoms. The molecule has 0 aliphatic carbocycles. The van der Waals surface area contributed by atoms with E-state index in [1.54, 1.807) is 12.1 Å². The number of unbranched alkanes of at least 4 members (excludes halogenated alkanes) is 1. The zero-order valence-electron chi connectivity index (χ0n) is 17.0. The van der Waals surface area contributed by atoms with Crippen molar-refractivity contribution >= 4 is 23.0 Å². The Kier molecular flexibility index (Phi) is 7.18. The lowest BCUT2D eigenvalue weighted by Crippen LogP contribution is -2.17. The molecule has 0 unspecified atom stereocenters. The van der Waals surface area contributed by atoms with Gasteiger partial charge >= 0.3 is 6.36 Å². The standard InChI is InChI=1S/C24H23F3N2O2/c1-2-3-6-17-9-13-19(14-10-17)28-21-7-4-5-8-22(21)29-23(30)18-11-15-20(16-12-18)31-24(25,26)27/h4-5,7-16,28H,2-3,6H2,1H3,(H,29,30). The summed E-state index contributed by atoms with van der Waals surface area (Å²) >= 11 is 0. The first kappa shape index (κ1) is 22.2. The van der Waals surface area contributed by atoms with Gasteiger partial charge in [-0.2, -0.15) is 0 Å². The van der Waals surface area contributed by atoms with Gasteiger partial charge in [-0.15, -0.1) is 13.2 Å². The molecular weight excluding hydrogens is 405 g/mol. The normalized spacial score (nSPS) is 11.1. The lowest BCUT2D eigenvalue weighted by Gasteiger charge is -2.14. The number of alkyl halides is 3. The number of ether oxygens (including phenoxy) is 1. The second-order valence-corrected chi connectivity index (χ2v) is 7.00. The van der Waals surface area contributed by atoms with E-state index in [0.717, 1.165) is 37.1 Å². The Bertz CT molecular complexity index is 1000. The van der Waals surface area contributed by atoms with E-state index in [0.29, 0.717) is 11.4 Å². The summed E-state index contributed by atoms with van der Waals surface area (Å²) in [6.07, 6.45) is -1.45. The predicted octanol–water partition coefficient (Wildman–Crippen LogP) is 6.92. The number of halogens is 3. The zero-order chi connectivity index (χ0) is 22.3. The van der Waals surface area contributed by atoms with E-state index in [1.807, 2.05) is 24.3 Å². The molecule has 0 saturated heterocycles. The highest BCUT2D eigenvalue weighted by Gasteiger charge is 2.31. The third-order valence-corrected chi connectivity index (χ3v) is 4.58. The number of anilines is 3. The van der Waals surface area contributed by atoms with Crippen LogP contribution in [-0.2, 0) is 6.42 Å². The molecule has 4 nitrogen and oxygen atoms in total. The van der Waals surface area contributed by atoms with E-state index < -0.39 is 12.3 Å². The van der Waals surface area contributed by atoms with Crippen molar-refractivity contribution < 1.29 is 22.7 Å². The van der Waals surface area contributed by atoms with Crippen LogP contribution in [0.25, 0.3) is 0 Å². The first-order chi connectivity index (χ1) is 14.8. The number of nitrogens with one attached hydrogen (secondary N) is 2. The van der Waals surface area contributed by atoms with E-state index >= 15 is 0 Å². The molecule has 0 aliphatic heterocycles. The highest BCUT2D eigenvalue weighted by molar-refractivity contribution is 6.06. The number of benzene rings is 3. The summed E-state index contributed by atoms with van der Waals surface area (Å²) in [6.45, 7) is 2.16. The third kappa shape index (κ3) is 6.77. The number of hydrogen-bond donors (Lipinski definition) is 2. The number of amides is 1. The van der Waals surface area contributed by atoms with Crippen molar-refractivity contribution in [1.82, 2.24) is 0 Å². The SMILES string of the molecule is CCCCc1ccc(Nc2ccccc2NC(=O)c2ccc(OC(F)(F)F)cc2)cc1. The maximum atomic E-state index is 12.6. The second kappa shape index (κ2) is 10.0. The number of carbonyl (C=O) groups is 1. The average Bonchev–Trinajstić information content (AvgIpc) is 2.74. The number of hydrogen-bond acceptors (Lipinski definition) is 3. The summed E-state index contributed by atoms with van der Waals surface area (Å²) < 4.78 is 40.7. The molecule has 162 valence electrons. The van der Waals surface area contributed by atoms with Gasteiger partial charge in [0.05, 0.1) is 11.4 Å². The largest absolute Gasteiger partial charge is 0.573 e. The van der Waals surface area contributed by atoms with Crippen LogP contribution in [0.5, 0.6) is 5.75 Å². The van der Waals surface area contributed by atoms with Crippen molar-refractivity contribution in [2.24, 2.45) is 0 Å². The molecule has 3 aromatic rings. The van der Waals surface area contributed by atoms with Crippen LogP contribution >= 0.6 is 0 Å². The van der Waals surface area contributed by atoms with Gasteiger partial charge < -0.3 is 15.4 Å². The predicted molar refractivity (Wildman–Crippen MR) is 116 cm³/mol. The van der Waals surface area contributed by atoms with Crippen LogP contribution in [0.15, 0.2) is 72.8 Å². The molecule has 31 heavy (non-hydrogen) atoms. The first-order valence-electron chi connectivity index (χ1n) is 9.96. The lowest BCUT2D eigenvalue weighted by atomic mass is 10.1. The molecule has 0 atom stereocenters. The summed E-state index contributed by atoms with van der Waals surface area (Å²) in [6, 6.07) is 20.1. The molecule has 7 heteroatoms. The summed E-state index contributed by atoms with van der Waals surface area (Å²) in [5.74, 6) is -0.823. The van der Waals surface area contributed by atoms with Gasteiger partial charge in [0.2, 0.25) is 0 Å². The van der Waals surface area contributed by atoms with Gasteiger partial charge in [-0.05, 0) is 66.9 Å². The van der Waals surface area contributed by atoms with Crippen LogP contribution in [0.2, 0.25) is 0 Å². The van der Waals surface area contributed by atoms with E-state index in [4.69, 9.17) is 0 Å². The minimum absolute atomic E-state index is 0.213. The van der Waals surface area contributed by atoms with E-state index in [1.165, 1.54) is 17.7 Å². The molecule has 0 saturated carbocycles. The summed E-state index contributed by atoms with van der Waals surface area (Å²) in [5, 5.41) is 6.08. The van der Waals surface area contributed by atoms with Gasteiger partial charge in [0.25, 0.3) is 5.91 Å². The summed E-state index contributed by atoms with van der Waals surface area (Å²) in [4.78, 5) is 12.6. The maximum absolute atomic E-state index is 12.6. The molecule has 1 amide bonds. The Hall–Kier alpha value is -3.48. The molecule has 3 rings (SSSR count). The van der Waals surface area contributed by atoms with Crippen molar-refractivity contribution in [2.45, 2.75) is 32.5 Å². The minimum Gasteiger partial charge on any atom is -0.406 e. The van der Waals surface area contributed by atoms with Gasteiger partial charge in [-0.3, -0.25) is 4.79 Å². The van der Waals surface area contributed by atoms with Gasteiger partial charge in [-0.1, -0.05) is 37.6 Å². The molecule has 0 heterocycles. The smallest absolute Gasteiger partial charge is 0.406 e. The maximum Gasteiger partial charge on any atom is 0.573 e. The van der Waals surface area contributed by atoms with Crippen LogP contribution in [0.3, 0.4) is 0 Å². The highest BCUT2D eigenvalue weighted by atomic mass is 19.4. The lowest BCUT2D eigenvalue weighted by molar-refractivity contribution is -0.274. The van der Waals surface area contributed by atoms with Crippen LogP contribution in [0.1, 0.15) is 35.7 Å². The quantitative estimate of drug-likeness (QED) is 0.409. The van der Waals surface area contributed by atoms with Crippen LogP contribution < -0.4 is 15.4 Å². The molecular formula is C24H23F3N2O2. The zero-order valence-corrected chi connectivity index (χ0v) is 17.0. The monoisotopic (exact) mass is 428 g/mol. The van der Waals surface area contributed by atoms with E-state index in [2.05, 4.69) is 34.4 Å². The van der Waals surface area contributed by atoms with Crippen molar-refractivity contribution in [3.63, 3.8) is 0 Å². The van der Waals surface area contributed by atoms with Gasteiger partial charge in [0.1, 0.15) is 5.75 Å². The molecule has 0 radical (unpaired) electrons. The van der Waals surface area contributed by atoms with Crippen molar-refractivity contribution in [3.8, 4) is 5.75 Å². The van der Waals surface area contributed by atoms with Gasteiger partial charge in [0.15, 0.2) is 0 Å². The van der Waals surface area contributed by atoms with E-state index in [9.17, 15) is 18.0 Å². The van der Waals surface area contributed by atoms with Crippen LogP contribution in [0, 0.1) is 0 Å². The van der Waals surface area contributed by atoms with Crippen molar-refractivity contribution in [3.05, 3.63) is 83.9 Å². The fourth-order valence-corrected chi connectivity index (χ4v) is 2.99. The van der Waals surface area contributed by atoms with Crippen LogP contribution in [0.4, 0.5) is 30.2 Å². The third-order valence-electron chi connectivity index (χ3n) is 4.58. The Morgan fingerprint density at radius 1 is 0.903 bits per heavy atom. The summed E-state index contributed by atoms with van der Waals surface area (Å²) in [7, 11) is 0. The topological polar surface area (TPSA) is 50.4 Å². The number of rotatable bonds is 8. The Labute approximate surface area is 179 Å². The highest BCUT2D eigenvalue weighted by Crippen LogP contribution is 2.27. The molecule has 3 aromatic carbocycles. The van der Waals surface area contributed by atoms with Gasteiger partial charge in [0, 0.05) is 11.3 Å². The Morgan fingerprint density at radius 2 is 1.55 bits per heavy atom. The molecule has 0 fully saturated rings. The first-order valence-corrected chi connectivity index (χ1v) is 9.96. The minimum atomic E-state index is -4.78. The Morgan fingerprint density at radius 3 is 2.16 bits per heavy atom. The fourth-order valence-electron chi connectivity index (χ4n) is 2.99. The van der Waals surface area contributed by atoms with Gasteiger partial charge in [-0.25, -0.2) is 0 Å². The molecule has 0 aliphatic rings. The Balaban J connectivity index is 1.68. The second-order valence-electron chi connectivity index (χ2n) is 7.00. The van der Waals surface area contributed by atoms with Crippen LogP contribution in [-0.4, -0.2) is 12.3 Å². The number of para-hydroxylation sites is 2. The number of carbonyl (C=O) groups excluding carboxylic acids is 1. The average molecular weight is 428 g/mol. The molecule has 0 spiro atoms. The van der Waals surface area contributed by atoms with Crippen molar-refractivity contribution in [1.29, 1.82) is 0 Å². The summed E-state index contributed by atoms with van der Waals surface area (Å²) in [5.41, 5.74) is 3.62. The number of aryl methyl sites for hydroxylation is 1. The van der Waals surface area contributed by atoms with Crippen molar-refractivity contribution in [2.75, 3.05) is 10.6 Å².